The van der Waals surface area contributed by atoms with Crippen LogP contribution in [0.25, 0.3) is 6.08 Å². The van der Waals surface area contributed by atoms with E-state index in [1.165, 1.54) is 19.1 Å². The van der Waals surface area contributed by atoms with E-state index in [0.717, 1.165) is 11.8 Å². The van der Waals surface area contributed by atoms with Gasteiger partial charge in [0.15, 0.2) is 6.29 Å². The molecule has 6 N–H and O–H groups in total. The average Bonchev–Trinajstić information content (AvgIpc) is 3.03. The molecule has 0 aromatic heterocycles. The van der Waals surface area contributed by atoms with Gasteiger partial charge in [0.25, 0.3) is 0 Å². The van der Waals surface area contributed by atoms with Crippen molar-refractivity contribution in [3.8, 4) is 0 Å². The molecular formula is C24H30O11. The van der Waals surface area contributed by atoms with E-state index < -0.39 is 72.8 Å². The topological polar surface area (TPSA) is 175 Å². The van der Waals surface area contributed by atoms with Crippen molar-refractivity contribution in [1.82, 2.24) is 0 Å². The highest BCUT2D eigenvalue weighted by molar-refractivity contribution is 5.87. The number of hydrogen-bond acceptors (Lipinski definition) is 11. The number of carbonyl (C=O) groups excluding carboxylic acids is 1. The Morgan fingerprint density at radius 1 is 1.11 bits per heavy atom. The third-order valence-corrected chi connectivity index (χ3v) is 6.77. The van der Waals surface area contributed by atoms with Crippen LogP contribution in [0.5, 0.6) is 0 Å². The number of aliphatic hydroxyl groups is 6. The quantitative estimate of drug-likeness (QED) is 0.207. The summed E-state index contributed by atoms with van der Waals surface area (Å²) >= 11 is 0. The largest absolute Gasteiger partial charge is 0.472 e. The molecule has 1 aromatic carbocycles. The summed E-state index contributed by atoms with van der Waals surface area (Å²) in [6.45, 7) is 0.852. The van der Waals surface area contributed by atoms with Gasteiger partial charge in [0, 0.05) is 12.5 Å². The fourth-order valence-corrected chi connectivity index (χ4v) is 4.92. The van der Waals surface area contributed by atoms with Gasteiger partial charge in [-0.3, -0.25) is 0 Å². The molecule has 3 aliphatic rings. The second kappa shape index (κ2) is 9.96. The van der Waals surface area contributed by atoms with Crippen LogP contribution in [-0.2, 0) is 23.7 Å². The number of rotatable bonds is 6. The lowest BCUT2D eigenvalue weighted by molar-refractivity contribution is -0.351. The first-order valence-electron chi connectivity index (χ1n) is 11.2. The van der Waals surface area contributed by atoms with Crippen LogP contribution in [0, 0.1) is 5.92 Å². The average molecular weight is 494 g/mol. The fourth-order valence-electron chi connectivity index (χ4n) is 4.92. The Labute approximate surface area is 201 Å². The van der Waals surface area contributed by atoms with E-state index in [1.54, 1.807) is 18.2 Å². The Morgan fingerprint density at radius 2 is 1.83 bits per heavy atom. The molecule has 10 atom stereocenters. The SMILES string of the molecule is C[C@]1(OC(=O)/C=C/c2ccccc2)C[C@@H](O)[C@]2(O)C=CO[C@@H](OC3O[C@H](CO)[C@@H](O)[C@H](O)[C@H]3O)[C@@H]21. The predicted octanol–water partition coefficient (Wildman–Crippen LogP) is -1.20. The molecule has 11 nitrogen and oxygen atoms in total. The van der Waals surface area contributed by atoms with Gasteiger partial charge in [0.1, 0.15) is 35.6 Å². The molecule has 192 valence electrons. The summed E-state index contributed by atoms with van der Waals surface area (Å²) in [6.07, 6.45) is -5.57. The van der Waals surface area contributed by atoms with Gasteiger partial charge in [-0.25, -0.2) is 4.79 Å². The zero-order valence-electron chi connectivity index (χ0n) is 19.0. The first-order valence-corrected chi connectivity index (χ1v) is 11.2. The maximum atomic E-state index is 12.6. The molecule has 2 fully saturated rings. The van der Waals surface area contributed by atoms with Gasteiger partial charge in [-0.15, -0.1) is 0 Å². The van der Waals surface area contributed by atoms with Crippen molar-refractivity contribution in [3.63, 3.8) is 0 Å². The zero-order valence-corrected chi connectivity index (χ0v) is 19.0. The summed E-state index contributed by atoms with van der Waals surface area (Å²) in [7, 11) is 0. The second-order valence-corrected chi connectivity index (χ2v) is 9.20. The molecular weight excluding hydrogens is 464 g/mol. The minimum absolute atomic E-state index is 0.151. The van der Waals surface area contributed by atoms with Crippen LogP contribution in [-0.4, -0.2) is 97.5 Å². The van der Waals surface area contributed by atoms with Crippen molar-refractivity contribution in [1.29, 1.82) is 0 Å². The van der Waals surface area contributed by atoms with Crippen LogP contribution < -0.4 is 0 Å². The normalized spacial score (nSPS) is 43.1. The monoisotopic (exact) mass is 494 g/mol. The molecule has 35 heavy (non-hydrogen) atoms. The lowest BCUT2D eigenvalue weighted by atomic mass is 9.81. The Morgan fingerprint density at radius 3 is 2.51 bits per heavy atom. The standard InChI is InChI=1S/C24H30O11/c1-23(35-16(27)8-7-13-5-3-2-4-6-13)11-15(26)24(31)9-10-32-22(20(23)24)34-21-19(30)18(29)17(28)14(12-25)33-21/h2-10,14-15,17-22,25-26,28-31H,11-12H2,1H3/b8-7+/t14-,15-,17-,18+,19-,20-,21?,22+,23+,24-/m1/s1. The highest BCUT2D eigenvalue weighted by Crippen LogP contribution is 2.51. The van der Waals surface area contributed by atoms with Crippen LogP contribution in [0.2, 0.25) is 0 Å². The van der Waals surface area contributed by atoms with Crippen LogP contribution >= 0.6 is 0 Å². The van der Waals surface area contributed by atoms with E-state index in [-0.39, 0.29) is 6.42 Å². The van der Waals surface area contributed by atoms with E-state index >= 15 is 0 Å². The molecule has 1 aliphatic carbocycles. The number of aliphatic hydroxyl groups excluding tert-OH is 5. The summed E-state index contributed by atoms with van der Waals surface area (Å²) in [6, 6.07) is 9.06. The Kier molecular flexibility index (Phi) is 7.32. The summed E-state index contributed by atoms with van der Waals surface area (Å²) in [5, 5.41) is 61.7. The van der Waals surface area contributed by atoms with E-state index in [2.05, 4.69) is 0 Å². The van der Waals surface area contributed by atoms with Crippen molar-refractivity contribution in [2.45, 2.75) is 67.6 Å². The van der Waals surface area contributed by atoms with E-state index in [0.29, 0.717) is 0 Å². The number of esters is 1. The Bertz CT molecular complexity index is 950. The molecule has 2 heterocycles. The van der Waals surface area contributed by atoms with Crippen LogP contribution in [0.3, 0.4) is 0 Å². The van der Waals surface area contributed by atoms with Gasteiger partial charge >= 0.3 is 5.97 Å². The molecule has 1 saturated heterocycles. The predicted molar refractivity (Wildman–Crippen MR) is 118 cm³/mol. The molecule has 2 aliphatic heterocycles. The fraction of sp³-hybridized carbons (Fsp3) is 0.542. The number of fused-ring (bicyclic) bond motifs is 1. The number of ether oxygens (including phenoxy) is 4. The van der Waals surface area contributed by atoms with Crippen molar-refractivity contribution in [2.24, 2.45) is 5.92 Å². The summed E-state index contributed by atoms with van der Waals surface area (Å²) in [5.41, 5.74) is -2.62. The number of carbonyl (C=O) groups is 1. The minimum Gasteiger partial charge on any atom is -0.472 e. The second-order valence-electron chi connectivity index (χ2n) is 9.20. The third-order valence-electron chi connectivity index (χ3n) is 6.77. The minimum atomic E-state index is -1.91. The van der Waals surface area contributed by atoms with E-state index in [1.807, 2.05) is 18.2 Å². The molecule has 4 rings (SSSR count). The van der Waals surface area contributed by atoms with Gasteiger partial charge in [-0.05, 0) is 24.6 Å². The van der Waals surface area contributed by atoms with Gasteiger partial charge in [-0.1, -0.05) is 30.3 Å². The molecule has 0 radical (unpaired) electrons. The molecule has 1 aromatic rings. The number of hydrogen-bond donors (Lipinski definition) is 6. The first-order chi connectivity index (χ1) is 16.6. The first kappa shape index (κ1) is 25.7. The van der Waals surface area contributed by atoms with Crippen LogP contribution in [0.4, 0.5) is 0 Å². The van der Waals surface area contributed by atoms with Gasteiger partial charge in [-0.2, -0.15) is 0 Å². The zero-order chi connectivity index (χ0) is 25.4. The Hall–Kier alpha value is -2.35. The van der Waals surface area contributed by atoms with Crippen LogP contribution in [0.15, 0.2) is 48.7 Å². The lowest BCUT2D eigenvalue weighted by Crippen LogP contribution is -2.62. The molecule has 0 amide bonds. The number of benzene rings is 1. The molecule has 1 unspecified atom stereocenters. The summed E-state index contributed by atoms with van der Waals surface area (Å²) in [4.78, 5) is 12.6. The molecule has 1 saturated carbocycles. The van der Waals surface area contributed by atoms with Crippen molar-refractivity contribution in [3.05, 3.63) is 54.3 Å². The maximum Gasteiger partial charge on any atom is 0.331 e. The summed E-state index contributed by atoms with van der Waals surface area (Å²) in [5.74, 6) is -1.90. The summed E-state index contributed by atoms with van der Waals surface area (Å²) < 4.78 is 22.3. The maximum absolute atomic E-state index is 12.6. The van der Waals surface area contributed by atoms with Crippen molar-refractivity contribution >= 4 is 12.0 Å². The highest BCUT2D eigenvalue weighted by Gasteiger charge is 2.66. The molecule has 0 bridgehead atoms. The van der Waals surface area contributed by atoms with E-state index in [4.69, 9.17) is 18.9 Å². The highest BCUT2D eigenvalue weighted by atomic mass is 16.8. The van der Waals surface area contributed by atoms with Gasteiger partial charge in [0.2, 0.25) is 6.29 Å². The van der Waals surface area contributed by atoms with Gasteiger partial charge in [0.05, 0.1) is 24.9 Å². The molecule has 0 spiro atoms. The molecule has 11 heteroatoms. The van der Waals surface area contributed by atoms with Crippen molar-refractivity contribution < 1.29 is 54.4 Å². The van der Waals surface area contributed by atoms with Crippen LogP contribution in [0.1, 0.15) is 18.9 Å². The lowest BCUT2D eigenvalue weighted by Gasteiger charge is -2.45. The van der Waals surface area contributed by atoms with Crippen molar-refractivity contribution in [2.75, 3.05) is 6.61 Å². The van der Waals surface area contributed by atoms with Gasteiger partial charge < -0.3 is 49.6 Å². The Balaban J connectivity index is 1.55. The smallest absolute Gasteiger partial charge is 0.331 e. The van der Waals surface area contributed by atoms with E-state index in [9.17, 15) is 35.4 Å². The third kappa shape index (κ3) is 4.86.